The first-order valence-corrected chi connectivity index (χ1v) is 8.76. The third-order valence-electron chi connectivity index (χ3n) is 4.03. The number of carbonyl (C=O) groups excluding carboxylic acids is 1. The molecule has 3 aromatic rings. The lowest BCUT2D eigenvalue weighted by atomic mass is 10.2. The predicted molar refractivity (Wildman–Crippen MR) is 107 cm³/mol. The minimum Gasteiger partial charge on any atom is -0.316 e. The number of aryl methyl sites for hydroxylation is 1. The van der Waals surface area contributed by atoms with Gasteiger partial charge in [0.05, 0.1) is 16.9 Å². The van der Waals surface area contributed by atoms with Crippen molar-refractivity contribution in [3.63, 3.8) is 0 Å². The van der Waals surface area contributed by atoms with Crippen molar-refractivity contribution < 1.29 is 4.79 Å². The van der Waals surface area contributed by atoms with Crippen molar-refractivity contribution in [3.8, 4) is 5.69 Å². The Morgan fingerprint density at radius 3 is 2.54 bits per heavy atom. The Labute approximate surface area is 162 Å². The summed E-state index contributed by atoms with van der Waals surface area (Å²) in [5.74, 6) is -0.256. The highest BCUT2D eigenvalue weighted by molar-refractivity contribution is 6.34. The summed E-state index contributed by atoms with van der Waals surface area (Å²) in [5.41, 5.74) is 6.72. The molecule has 0 bridgehead atoms. The highest BCUT2D eigenvalue weighted by atomic mass is 35.5. The molecular weight excluding hydrogens is 369 g/mol. The van der Waals surface area contributed by atoms with Crippen LogP contribution in [0.15, 0.2) is 59.7 Å². The number of hydrogen-bond donors (Lipinski definition) is 1. The minimum atomic E-state index is -0.256. The molecule has 6 heteroatoms. The van der Waals surface area contributed by atoms with Crippen LogP contribution in [0.3, 0.4) is 0 Å². The van der Waals surface area contributed by atoms with E-state index in [4.69, 9.17) is 23.2 Å². The van der Waals surface area contributed by atoms with Crippen LogP contribution in [0.4, 0.5) is 0 Å². The molecular formula is C20H17Cl2N3O. The van der Waals surface area contributed by atoms with E-state index in [0.717, 1.165) is 22.6 Å². The van der Waals surface area contributed by atoms with Gasteiger partial charge in [-0.25, -0.2) is 5.43 Å². The summed E-state index contributed by atoms with van der Waals surface area (Å²) in [6.45, 7) is 3.94. The smallest absolute Gasteiger partial charge is 0.271 e. The summed E-state index contributed by atoms with van der Waals surface area (Å²) in [4.78, 5) is 12.0. The van der Waals surface area contributed by atoms with Gasteiger partial charge in [-0.15, -0.1) is 0 Å². The number of rotatable bonds is 4. The Balaban J connectivity index is 1.84. The van der Waals surface area contributed by atoms with Crippen molar-refractivity contribution >= 4 is 35.3 Å². The van der Waals surface area contributed by atoms with Gasteiger partial charge in [0.2, 0.25) is 0 Å². The van der Waals surface area contributed by atoms with E-state index >= 15 is 0 Å². The van der Waals surface area contributed by atoms with E-state index in [1.54, 1.807) is 42.6 Å². The van der Waals surface area contributed by atoms with Crippen molar-refractivity contribution in [2.75, 3.05) is 0 Å². The number of nitrogens with zero attached hydrogens (tertiary/aromatic N) is 2. The van der Waals surface area contributed by atoms with Crippen LogP contribution in [0, 0.1) is 13.8 Å². The van der Waals surface area contributed by atoms with Crippen LogP contribution in [-0.2, 0) is 0 Å². The van der Waals surface area contributed by atoms with Gasteiger partial charge < -0.3 is 4.57 Å². The topological polar surface area (TPSA) is 46.4 Å². The zero-order valence-corrected chi connectivity index (χ0v) is 15.8. The maximum atomic E-state index is 12.0. The molecule has 0 spiro atoms. The van der Waals surface area contributed by atoms with Crippen molar-refractivity contribution in [2.24, 2.45) is 5.10 Å². The van der Waals surface area contributed by atoms with Crippen LogP contribution >= 0.6 is 23.2 Å². The Hall–Kier alpha value is -2.56. The quantitative estimate of drug-likeness (QED) is 0.488. The molecule has 1 N–H and O–H groups in total. The maximum Gasteiger partial charge on any atom is 0.271 e. The summed E-state index contributed by atoms with van der Waals surface area (Å²) in [7, 11) is 0. The third kappa shape index (κ3) is 3.82. The molecule has 2 aromatic carbocycles. The molecule has 0 saturated carbocycles. The fraction of sp³-hybridized carbons (Fsp3) is 0.100. The fourth-order valence-corrected chi connectivity index (χ4v) is 3.13. The van der Waals surface area contributed by atoms with Crippen LogP contribution in [0.1, 0.15) is 27.3 Å². The fourth-order valence-electron chi connectivity index (χ4n) is 2.76. The number of hydrogen-bond acceptors (Lipinski definition) is 2. The Morgan fingerprint density at radius 2 is 1.81 bits per heavy atom. The van der Waals surface area contributed by atoms with E-state index in [-0.39, 0.29) is 5.91 Å². The molecule has 1 heterocycles. The molecule has 3 rings (SSSR count). The standard InChI is InChI=1S/C20H17Cl2N3O/c1-13-10-16(12-23-24-20(26)15-6-4-3-5-7-15)14(2)25(13)19-11-17(21)8-9-18(19)22/h3-12H,1-2H3,(H,24,26)/b23-12+. The zero-order valence-electron chi connectivity index (χ0n) is 14.3. The Morgan fingerprint density at radius 1 is 1.08 bits per heavy atom. The lowest BCUT2D eigenvalue weighted by molar-refractivity contribution is 0.0955. The largest absolute Gasteiger partial charge is 0.316 e. The van der Waals surface area contributed by atoms with E-state index < -0.39 is 0 Å². The first kappa shape index (κ1) is 18.2. The summed E-state index contributed by atoms with van der Waals surface area (Å²) >= 11 is 12.4. The van der Waals surface area contributed by atoms with Gasteiger partial charge in [-0.1, -0.05) is 41.4 Å². The maximum absolute atomic E-state index is 12.0. The van der Waals surface area contributed by atoms with E-state index in [1.807, 2.05) is 36.6 Å². The molecule has 1 aromatic heterocycles. The molecule has 0 radical (unpaired) electrons. The number of nitrogens with one attached hydrogen (secondary N) is 1. The summed E-state index contributed by atoms with van der Waals surface area (Å²) in [6.07, 6.45) is 1.62. The van der Waals surface area contributed by atoms with E-state index in [9.17, 15) is 4.79 Å². The highest BCUT2D eigenvalue weighted by Gasteiger charge is 2.12. The normalized spacial score (nSPS) is 11.1. The second-order valence-corrected chi connectivity index (χ2v) is 6.67. The molecule has 0 aliphatic carbocycles. The van der Waals surface area contributed by atoms with E-state index in [0.29, 0.717) is 15.6 Å². The first-order valence-electron chi connectivity index (χ1n) is 8.00. The SMILES string of the molecule is Cc1cc(/C=N/NC(=O)c2ccccc2)c(C)n1-c1cc(Cl)ccc1Cl. The van der Waals surface area contributed by atoms with Gasteiger partial charge in [0, 0.05) is 27.5 Å². The highest BCUT2D eigenvalue weighted by Crippen LogP contribution is 2.28. The van der Waals surface area contributed by atoms with E-state index in [1.165, 1.54) is 0 Å². The zero-order chi connectivity index (χ0) is 18.7. The number of hydrazone groups is 1. The Bertz CT molecular complexity index is 978. The molecule has 0 aliphatic rings. The van der Waals surface area contributed by atoms with Gasteiger partial charge in [0.1, 0.15) is 0 Å². The molecule has 0 atom stereocenters. The van der Waals surface area contributed by atoms with Crippen LogP contribution in [0.25, 0.3) is 5.69 Å². The summed E-state index contributed by atoms with van der Waals surface area (Å²) in [6, 6.07) is 16.3. The third-order valence-corrected chi connectivity index (χ3v) is 4.58. The molecule has 132 valence electrons. The first-order chi connectivity index (χ1) is 12.5. The summed E-state index contributed by atoms with van der Waals surface area (Å²) < 4.78 is 2.01. The van der Waals surface area contributed by atoms with Gasteiger partial charge >= 0.3 is 0 Å². The number of carbonyl (C=O) groups is 1. The van der Waals surface area contributed by atoms with Gasteiger partial charge in [-0.05, 0) is 50.2 Å². The molecule has 1 amide bonds. The van der Waals surface area contributed by atoms with Crippen LogP contribution in [0.5, 0.6) is 0 Å². The van der Waals surface area contributed by atoms with Crippen LogP contribution < -0.4 is 5.43 Å². The van der Waals surface area contributed by atoms with Crippen molar-refractivity contribution in [1.29, 1.82) is 0 Å². The van der Waals surface area contributed by atoms with Gasteiger partial charge in [0.25, 0.3) is 5.91 Å². The van der Waals surface area contributed by atoms with Crippen LogP contribution in [-0.4, -0.2) is 16.7 Å². The molecule has 0 aliphatic heterocycles. The number of halogens is 2. The monoisotopic (exact) mass is 385 g/mol. The molecule has 0 fully saturated rings. The van der Waals surface area contributed by atoms with Gasteiger partial charge in [0.15, 0.2) is 0 Å². The average molecular weight is 386 g/mol. The summed E-state index contributed by atoms with van der Waals surface area (Å²) in [5, 5.41) is 5.29. The number of amides is 1. The Kier molecular flexibility index (Phi) is 5.45. The lowest BCUT2D eigenvalue weighted by Crippen LogP contribution is -2.17. The predicted octanol–water partition coefficient (Wildman–Crippen LogP) is 5.16. The minimum absolute atomic E-state index is 0.256. The van der Waals surface area contributed by atoms with Gasteiger partial charge in [-0.3, -0.25) is 4.79 Å². The number of benzene rings is 2. The van der Waals surface area contributed by atoms with Gasteiger partial charge in [-0.2, -0.15) is 5.10 Å². The van der Waals surface area contributed by atoms with Crippen molar-refractivity contribution in [3.05, 3.63) is 87.2 Å². The lowest BCUT2D eigenvalue weighted by Gasteiger charge is -2.12. The molecule has 0 saturated heterocycles. The second kappa shape index (κ2) is 7.77. The molecule has 26 heavy (non-hydrogen) atoms. The van der Waals surface area contributed by atoms with Crippen molar-refractivity contribution in [2.45, 2.75) is 13.8 Å². The second-order valence-electron chi connectivity index (χ2n) is 5.82. The molecule has 4 nitrogen and oxygen atoms in total. The molecule has 0 unspecified atom stereocenters. The van der Waals surface area contributed by atoms with Crippen molar-refractivity contribution in [1.82, 2.24) is 9.99 Å². The average Bonchev–Trinajstić information content (AvgIpc) is 2.91. The van der Waals surface area contributed by atoms with Crippen LogP contribution in [0.2, 0.25) is 10.0 Å². The van der Waals surface area contributed by atoms with E-state index in [2.05, 4.69) is 10.5 Å². The number of aromatic nitrogens is 1.